The summed E-state index contributed by atoms with van der Waals surface area (Å²) < 4.78 is 0. The van der Waals surface area contributed by atoms with Crippen LogP contribution in [0.3, 0.4) is 0 Å². The monoisotopic (exact) mass is 181 g/mol. The van der Waals surface area contributed by atoms with Gasteiger partial charge in [0.1, 0.15) is 0 Å². The van der Waals surface area contributed by atoms with Gasteiger partial charge in [-0.25, -0.2) is 4.79 Å². The van der Waals surface area contributed by atoms with Crippen LogP contribution in [0.25, 0.3) is 0 Å². The van der Waals surface area contributed by atoms with E-state index in [1.165, 1.54) is 6.08 Å². The molecule has 0 aromatic rings. The van der Waals surface area contributed by atoms with E-state index in [1.807, 2.05) is 0 Å². The van der Waals surface area contributed by atoms with Gasteiger partial charge in [-0.2, -0.15) is 0 Å². The molecule has 1 aliphatic rings. The van der Waals surface area contributed by atoms with Gasteiger partial charge in [0.05, 0.1) is 0 Å². The van der Waals surface area contributed by atoms with E-state index >= 15 is 0 Å². The lowest BCUT2D eigenvalue weighted by Gasteiger charge is -2.17. The van der Waals surface area contributed by atoms with E-state index in [9.17, 15) is 4.79 Å². The highest BCUT2D eigenvalue weighted by Gasteiger charge is 2.06. The van der Waals surface area contributed by atoms with Gasteiger partial charge in [-0.1, -0.05) is 18.2 Å². The molecule has 1 rings (SSSR count). The van der Waals surface area contributed by atoms with Crippen LogP contribution in [-0.4, -0.2) is 23.7 Å². The van der Waals surface area contributed by atoms with Crippen molar-refractivity contribution in [3.05, 3.63) is 24.3 Å². The lowest BCUT2D eigenvalue weighted by atomic mass is 10.0. The van der Waals surface area contributed by atoms with Gasteiger partial charge in [-0.05, 0) is 19.3 Å². The molecule has 0 aromatic carbocycles. The maximum Gasteiger partial charge on any atom is 0.328 e. The van der Waals surface area contributed by atoms with Crippen LogP contribution in [-0.2, 0) is 4.79 Å². The number of allylic oxidation sites excluding steroid dienone is 1. The molecular formula is C10H15NO2. The van der Waals surface area contributed by atoms with Crippen LogP contribution in [0, 0.1) is 0 Å². The lowest BCUT2D eigenvalue weighted by Crippen LogP contribution is -2.29. The zero-order chi connectivity index (χ0) is 9.52. The van der Waals surface area contributed by atoms with Crippen molar-refractivity contribution >= 4 is 5.97 Å². The Morgan fingerprint density at radius 2 is 2.46 bits per heavy atom. The van der Waals surface area contributed by atoms with Gasteiger partial charge in [-0.15, -0.1) is 0 Å². The van der Waals surface area contributed by atoms with Crippen molar-refractivity contribution < 1.29 is 9.90 Å². The second-order valence-electron chi connectivity index (χ2n) is 3.13. The maximum atomic E-state index is 10.1. The van der Waals surface area contributed by atoms with Gasteiger partial charge in [-0.3, -0.25) is 0 Å². The summed E-state index contributed by atoms with van der Waals surface area (Å²) >= 11 is 0. The number of carboxylic acid groups (broad SMARTS) is 1. The Bertz CT molecular complexity index is 221. The molecule has 0 radical (unpaired) electrons. The maximum absolute atomic E-state index is 10.1. The summed E-state index contributed by atoms with van der Waals surface area (Å²) in [7, 11) is 0. The number of hydrogen-bond donors (Lipinski definition) is 2. The number of hydrogen-bond acceptors (Lipinski definition) is 2. The Morgan fingerprint density at radius 1 is 1.62 bits per heavy atom. The first kappa shape index (κ1) is 9.99. The van der Waals surface area contributed by atoms with Crippen LogP contribution < -0.4 is 5.32 Å². The summed E-state index contributed by atoms with van der Waals surface area (Å²) in [5, 5.41) is 11.6. The Labute approximate surface area is 78.1 Å². The SMILES string of the molecule is O=C(O)/C=C/CNC1CC=CCC1. The van der Waals surface area contributed by atoms with E-state index in [-0.39, 0.29) is 0 Å². The van der Waals surface area contributed by atoms with E-state index < -0.39 is 5.97 Å². The van der Waals surface area contributed by atoms with Gasteiger partial charge in [0.25, 0.3) is 0 Å². The van der Waals surface area contributed by atoms with E-state index in [4.69, 9.17) is 5.11 Å². The van der Waals surface area contributed by atoms with Crippen molar-refractivity contribution in [3.8, 4) is 0 Å². The summed E-state index contributed by atoms with van der Waals surface area (Å²) in [5.74, 6) is -0.884. The lowest BCUT2D eigenvalue weighted by molar-refractivity contribution is -0.131. The van der Waals surface area contributed by atoms with Crippen LogP contribution in [0.15, 0.2) is 24.3 Å². The fraction of sp³-hybridized carbons (Fsp3) is 0.500. The first-order valence-electron chi connectivity index (χ1n) is 4.57. The number of nitrogens with one attached hydrogen (secondary N) is 1. The minimum atomic E-state index is -0.884. The average molecular weight is 181 g/mol. The highest BCUT2D eigenvalue weighted by Crippen LogP contribution is 2.09. The standard InChI is InChI=1S/C10H15NO2/c12-10(13)7-4-8-11-9-5-2-1-3-6-9/h1-2,4,7,9,11H,3,5-6,8H2,(H,12,13)/b7-4+. The Kier molecular flexibility index (Phi) is 4.26. The first-order valence-corrected chi connectivity index (χ1v) is 4.57. The van der Waals surface area contributed by atoms with Crippen molar-refractivity contribution in [2.24, 2.45) is 0 Å². The summed E-state index contributed by atoms with van der Waals surface area (Å²) in [5.41, 5.74) is 0. The molecule has 0 heterocycles. The van der Waals surface area contributed by atoms with Crippen LogP contribution in [0.4, 0.5) is 0 Å². The molecule has 0 fully saturated rings. The molecule has 72 valence electrons. The zero-order valence-corrected chi connectivity index (χ0v) is 7.57. The molecule has 13 heavy (non-hydrogen) atoms. The highest BCUT2D eigenvalue weighted by molar-refractivity contribution is 5.79. The Hall–Kier alpha value is -1.09. The fourth-order valence-electron chi connectivity index (χ4n) is 1.37. The fourth-order valence-corrected chi connectivity index (χ4v) is 1.37. The van der Waals surface area contributed by atoms with Crippen molar-refractivity contribution in [1.29, 1.82) is 0 Å². The molecule has 1 unspecified atom stereocenters. The topological polar surface area (TPSA) is 49.3 Å². The summed E-state index contributed by atoms with van der Waals surface area (Å²) in [6.45, 7) is 0.644. The van der Waals surface area contributed by atoms with E-state index in [1.54, 1.807) is 6.08 Å². The molecule has 0 aromatic heterocycles. The molecule has 0 saturated heterocycles. The van der Waals surface area contributed by atoms with Gasteiger partial charge < -0.3 is 10.4 Å². The predicted octanol–water partition coefficient (Wildman–Crippen LogP) is 1.33. The first-order chi connectivity index (χ1) is 6.29. The summed E-state index contributed by atoms with van der Waals surface area (Å²) in [4.78, 5) is 10.1. The number of rotatable bonds is 4. The molecule has 0 spiro atoms. The molecule has 1 aliphatic carbocycles. The minimum Gasteiger partial charge on any atom is -0.478 e. The molecule has 3 nitrogen and oxygen atoms in total. The van der Waals surface area contributed by atoms with Gasteiger partial charge in [0.15, 0.2) is 0 Å². The molecule has 2 N–H and O–H groups in total. The average Bonchev–Trinajstić information content (AvgIpc) is 2.14. The molecule has 0 bridgehead atoms. The van der Waals surface area contributed by atoms with Gasteiger partial charge in [0, 0.05) is 18.7 Å². The third-order valence-electron chi connectivity index (χ3n) is 2.05. The number of carboxylic acids is 1. The van der Waals surface area contributed by atoms with E-state index in [0.29, 0.717) is 12.6 Å². The molecule has 0 saturated carbocycles. The molecular weight excluding hydrogens is 166 g/mol. The Morgan fingerprint density at radius 3 is 3.08 bits per heavy atom. The summed E-state index contributed by atoms with van der Waals surface area (Å²) in [6, 6.07) is 0.517. The quantitative estimate of drug-likeness (QED) is 0.508. The normalized spacial score (nSPS) is 22.3. The second kappa shape index (κ2) is 5.54. The molecule has 3 heteroatoms. The summed E-state index contributed by atoms with van der Waals surface area (Å²) in [6.07, 6.45) is 10.5. The zero-order valence-electron chi connectivity index (χ0n) is 7.57. The van der Waals surface area contributed by atoms with Crippen LogP contribution in [0.5, 0.6) is 0 Å². The second-order valence-corrected chi connectivity index (χ2v) is 3.13. The number of carbonyl (C=O) groups is 1. The molecule has 0 aliphatic heterocycles. The largest absolute Gasteiger partial charge is 0.478 e. The smallest absolute Gasteiger partial charge is 0.328 e. The third-order valence-corrected chi connectivity index (χ3v) is 2.05. The van der Waals surface area contributed by atoms with Crippen LogP contribution in [0.1, 0.15) is 19.3 Å². The van der Waals surface area contributed by atoms with Crippen molar-refractivity contribution in [3.63, 3.8) is 0 Å². The minimum absolute atomic E-state index is 0.517. The van der Waals surface area contributed by atoms with Crippen molar-refractivity contribution in [2.45, 2.75) is 25.3 Å². The van der Waals surface area contributed by atoms with Crippen molar-refractivity contribution in [2.75, 3.05) is 6.54 Å². The third kappa shape index (κ3) is 4.48. The molecule has 1 atom stereocenters. The van der Waals surface area contributed by atoms with Crippen LogP contribution >= 0.6 is 0 Å². The number of aliphatic carboxylic acids is 1. The predicted molar refractivity (Wildman–Crippen MR) is 51.6 cm³/mol. The van der Waals surface area contributed by atoms with E-state index in [0.717, 1.165) is 19.3 Å². The Balaban J connectivity index is 2.12. The van der Waals surface area contributed by atoms with Gasteiger partial charge in [0.2, 0.25) is 0 Å². The van der Waals surface area contributed by atoms with E-state index in [2.05, 4.69) is 17.5 Å². The molecule has 0 amide bonds. The van der Waals surface area contributed by atoms with Crippen LogP contribution in [0.2, 0.25) is 0 Å². The van der Waals surface area contributed by atoms with Gasteiger partial charge >= 0.3 is 5.97 Å². The highest BCUT2D eigenvalue weighted by atomic mass is 16.4. The van der Waals surface area contributed by atoms with Crippen molar-refractivity contribution in [1.82, 2.24) is 5.32 Å².